The van der Waals surface area contributed by atoms with Crippen molar-refractivity contribution in [1.29, 1.82) is 0 Å². The highest BCUT2D eigenvalue weighted by molar-refractivity contribution is 7.89. The van der Waals surface area contributed by atoms with E-state index in [9.17, 15) is 22.4 Å². The van der Waals surface area contributed by atoms with Gasteiger partial charge in [0.05, 0.1) is 10.8 Å². The Morgan fingerprint density at radius 3 is 2.77 bits per heavy atom. The first-order valence-corrected chi connectivity index (χ1v) is 11.0. The number of carbonyl (C=O) groups is 1. The predicted molar refractivity (Wildman–Crippen MR) is 111 cm³/mol. The molecule has 1 fully saturated rings. The minimum atomic E-state index is -3.81. The molecule has 9 heteroatoms. The Balaban J connectivity index is 1.53. The molecular weight excluding hydrogens is 409 g/mol. The Bertz CT molecular complexity index is 1270. The van der Waals surface area contributed by atoms with Crippen LogP contribution < -0.4 is 10.9 Å². The van der Waals surface area contributed by atoms with Gasteiger partial charge in [0, 0.05) is 30.4 Å². The smallest absolute Gasteiger partial charge is 0.248 e. The largest absolute Gasteiger partial charge is 0.326 e. The van der Waals surface area contributed by atoms with Crippen molar-refractivity contribution in [3.05, 3.63) is 70.8 Å². The normalized spacial score (nSPS) is 17.7. The summed E-state index contributed by atoms with van der Waals surface area (Å²) in [5.74, 6) is -1.33. The molecule has 1 amide bonds. The van der Waals surface area contributed by atoms with Crippen molar-refractivity contribution in [3.63, 3.8) is 0 Å². The molecule has 1 aliphatic rings. The van der Waals surface area contributed by atoms with Crippen molar-refractivity contribution in [1.82, 2.24) is 9.29 Å². The Kier molecular flexibility index (Phi) is 5.40. The molecule has 2 N–H and O–H groups in total. The molecule has 1 aromatic heterocycles. The van der Waals surface area contributed by atoms with Gasteiger partial charge in [0.15, 0.2) is 0 Å². The molecule has 7 nitrogen and oxygen atoms in total. The lowest BCUT2D eigenvalue weighted by Crippen LogP contribution is -2.43. The van der Waals surface area contributed by atoms with Gasteiger partial charge < -0.3 is 10.3 Å². The van der Waals surface area contributed by atoms with Gasteiger partial charge in [-0.15, -0.1) is 0 Å². The molecule has 0 radical (unpaired) electrons. The maximum Gasteiger partial charge on any atom is 0.248 e. The van der Waals surface area contributed by atoms with Crippen LogP contribution in [0, 0.1) is 11.7 Å². The summed E-state index contributed by atoms with van der Waals surface area (Å²) in [5, 5.41) is 3.26. The second-order valence-electron chi connectivity index (χ2n) is 7.27. The zero-order valence-corrected chi connectivity index (χ0v) is 16.8. The molecule has 30 heavy (non-hydrogen) atoms. The lowest BCUT2D eigenvalue weighted by molar-refractivity contribution is -0.120. The third-order valence-electron chi connectivity index (χ3n) is 5.18. The van der Waals surface area contributed by atoms with Crippen molar-refractivity contribution in [2.45, 2.75) is 17.7 Å². The molecule has 0 aliphatic carbocycles. The van der Waals surface area contributed by atoms with E-state index in [1.54, 1.807) is 18.2 Å². The SMILES string of the molecule is O=C(Nc1cccc(F)c1)C1CCCN(S(=O)(=O)c2ccc3[nH]c(=O)ccc3c2)C1. The second kappa shape index (κ2) is 8.00. The zero-order chi connectivity index (χ0) is 21.3. The van der Waals surface area contributed by atoms with E-state index in [1.165, 1.54) is 40.7 Å². The Hall–Kier alpha value is -3.04. The molecule has 1 unspecified atom stereocenters. The molecule has 4 rings (SSSR count). The van der Waals surface area contributed by atoms with Crippen LogP contribution in [0.2, 0.25) is 0 Å². The number of hydrogen-bond acceptors (Lipinski definition) is 4. The van der Waals surface area contributed by atoms with Gasteiger partial charge in [-0.25, -0.2) is 12.8 Å². The minimum Gasteiger partial charge on any atom is -0.326 e. The zero-order valence-electron chi connectivity index (χ0n) is 16.0. The average molecular weight is 429 g/mol. The van der Waals surface area contributed by atoms with Crippen LogP contribution in [0.25, 0.3) is 10.9 Å². The summed E-state index contributed by atoms with van der Waals surface area (Å²) in [6.07, 6.45) is 1.09. The molecule has 1 aliphatic heterocycles. The number of aromatic nitrogens is 1. The number of nitrogens with zero attached hydrogens (tertiary/aromatic N) is 1. The molecule has 0 saturated carbocycles. The number of pyridine rings is 1. The number of carbonyl (C=O) groups excluding carboxylic acids is 1. The van der Waals surface area contributed by atoms with Crippen LogP contribution in [0.3, 0.4) is 0 Å². The standard InChI is InChI=1S/C21H20FN3O4S/c22-16-4-1-5-17(12-16)23-21(27)15-3-2-10-25(13-15)30(28,29)18-7-8-19-14(11-18)6-9-20(26)24-19/h1,4-9,11-12,15H,2-3,10,13H2,(H,23,27)(H,24,26). The van der Waals surface area contributed by atoms with Gasteiger partial charge in [0.25, 0.3) is 0 Å². The highest BCUT2D eigenvalue weighted by Gasteiger charge is 2.33. The lowest BCUT2D eigenvalue weighted by Gasteiger charge is -2.31. The van der Waals surface area contributed by atoms with Gasteiger partial charge in [-0.1, -0.05) is 6.07 Å². The van der Waals surface area contributed by atoms with E-state index in [0.29, 0.717) is 36.0 Å². The number of H-pyrrole nitrogens is 1. The third-order valence-corrected chi connectivity index (χ3v) is 7.04. The van der Waals surface area contributed by atoms with Gasteiger partial charge in [0.2, 0.25) is 21.5 Å². The molecule has 156 valence electrons. The minimum absolute atomic E-state index is 0.0488. The van der Waals surface area contributed by atoms with Gasteiger partial charge in [-0.3, -0.25) is 9.59 Å². The average Bonchev–Trinajstić information content (AvgIpc) is 2.73. The van der Waals surface area contributed by atoms with Gasteiger partial charge >= 0.3 is 0 Å². The topological polar surface area (TPSA) is 99.3 Å². The van der Waals surface area contributed by atoms with E-state index in [-0.39, 0.29) is 22.9 Å². The molecule has 0 spiro atoms. The number of anilines is 1. The fraction of sp³-hybridized carbons (Fsp3) is 0.238. The quantitative estimate of drug-likeness (QED) is 0.666. The first-order valence-electron chi connectivity index (χ1n) is 9.52. The maximum absolute atomic E-state index is 13.3. The summed E-state index contributed by atoms with van der Waals surface area (Å²) in [5.41, 5.74) is 0.622. The number of fused-ring (bicyclic) bond motifs is 1. The van der Waals surface area contributed by atoms with Crippen LogP contribution in [-0.2, 0) is 14.8 Å². The number of aromatic amines is 1. The van der Waals surface area contributed by atoms with Crippen LogP contribution in [0.4, 0.5) is 10.1 Å². The highest BCUT2D eigenvalue weighted by atomic mass is 32.2. The maximum atomic E-state index is 13.3. The van der Waals surface area contributed by atoms with E-state index in [4.69, 9.17) is 0 Å². The Morgan fingerprint density at radius 1 is 1.13 bits per heavy atom. The van der Waals surface area contributed by atoms with Crippen LogP contribution in [0.15, 0.2) is 64.3 Å². The van der Waals surface area contributed by atoms with Crippen molar-refractivity contribution >= 4 is 32.5 Å². The number of halogens is 1. The van der Waals surface area contributed by atoms with Crippen LogP contribution in [0.1, 0.15) is 12.8 Å². The number of amides is 1. The molecule has 0 bridgehead atoms. The third kappa shape index (κ3) is 4.12. The monoisotopic (exact) mass is 429 g/mol. The van der Waals surface area contributed by atoms with Gasteiger partial charge in [-0.05, 0) is 60.7 Å². The lowest BCUT2D eigenvalue weighted by atomic mass is 9.99. The highest BCUT2D eigenvalue weighted by Crippen LogP contribution is 2.26. The first-order chi connectivity index (χ1) is 14.3. The van der Waals surface area contributed by atoms with Gasteiger partial charge in [0.1, 0.15) is 5.82 Å². The van der Waals surface area contributed by atoms with Crippen molar-refractivity contribution < 1.29 is 17.6 Å². The van der Waals surface area contributed by atoms with Crippen LogP contribution >= 0.6 is 0 Å². The van der Waals surface area contributed by atoms with E-state index < -0.39 is 21.8 Å². The summed E-state index contributed by atoms with van der Waals surface area (Å²) in [6, 6.07) is 13.0. The van der Waals surface area contributed by atoms with Crippen LogP contribution in [0.5, 0.6) is 0 Å². The van der Waals surface area contributed by atoms with Crippen molar-refractivity contribution in [2.75, 3.05) is 18.4 Å². The fourth-order valence-corrected chi connectivity index (χ4v) is 5.19. The number of sulfonamides is 1. The first kappa shape index (κ1) is 20.2. The molecule has 2 heterocycles. The number of nitrogens with one attached hydrogen (secondary N) is 2. The molecule has 2 aromatic carbocycles. The van der Waals surface area contributed by atoms with Crippen molar-refractivity contribution in [3.8, 4) is 0 Å². The number of piperidine rings is 1. The molecule has 1 atom stereocenters. The summed E-state index contributed by atoms with van der Waals surface area (Å²) < 4.78 is 40.9. The second-order valence-corrected chi connectivity index (χ2v) is 9.21. The number of hydrogen-bond donors (Lipinski definition) is 2. The fourth-order valence-electron chi connectivity index (χ4n) is 3.63. The summed E-state index contributed by atoms with van der Waals surface area (Å²) in [4.78, 5) is 26.8. The van der Waals surface area contributed by atoms with Crippen molar-refractivity contribution in [2.24, 2.45) is 5.92 Å². The van der Waals surface area contributed by atoms with Crippen LogP contribution in [-0.4, -0.2) is 36.7 Å². The number of rotatable bonds is 4. The van der Waals surface area contributed by atoms with E-state index in [0.717, 1.165) is 0 Å². The Labute approximate surface area is 172 Å². The summed E-state index contributed by atoms with van der Waals surface area (Å²) in [6.45, 7) is 0.364. The molecule has 1 saturated heterocycles. The summed E-state index contributed by atoms with van der Waals surface area (Å²) >= 11 is 0. The van der Waals surface area contributed by atoms with Gasteiger partial charge in [-0.2, -0.15) is 4.31 Å². The molecular formula is C21H20FN3O4S. The number of benzene rings is 2. The predicted octanol–water partition coefficient (Wildman–Crippen LogP) is 2.71. The Morgan fingerprint density at radius 2 is 1.97 bits per heavy atom. The molecule has 3 aromatic rings. The van der Waals surface area contributed by atoms with E-state index >= 15 is 0 Å². The van der Waals surface area contributed by atoms with E-state index in [2.05, 4.69) is 10.3 Å². The summed E-state index contributed by atoms with van der Waals surface area (Å²) in [7, 11) is -3.81. The van der Waals surface area contributed by atoms with E-state index in [1.807, 2.05) is 0 Å².